The first kappa shape index (κ1) is 19.0. The van der Waals surface area contributed by atoms with E-state index in [9.17, 15) is 13.2 Å². The first-order chi connectivity index (χ1) is 11.2. The van der Waals surface area contributed by atoms with E-state index in [-0.39, 0.29) is 17.7 Å². The van der Waals surface area contributed by atoms with Gasteiger partial charge in [-0.3, -0.25) is 4.79 Å². The highest BCUT2D eigenvalue weighted by Gasteiger charge is 2.33. The van der Waals surface area contributed by atoms with Crippen molar-refractivity contribution in [2.24, 2.45) is 11.8 Å². The minimum absolute atomic E-state index is 0.0809. The highest BCUT2D eigenvalue weighted by molar-refractivity contribution is 7.92. The van der Waals surface area contributed by atoms with Crippen molar-refractivity contribution < 1.29 is 13.2 Å². The van der Waals surface area contributed by atoms with Crippen LogP contribution in [-0.4, -0.2) is 25.6 Å². The molecule has 4 atom stereocenters. The topological polar surface area (TPSA) is 63.2 Å². The molecule has 4 nitrogen and oxygen atoms in total. The molecule has 0 radical (unpaired) electrons. The summed E-state index contributed by atoms with van der Waals surface area (Å²) < 4.78 is 25.2. The minimum atomic E-state index is -3.53. The van der Waals surface area contributed by atoms with E-state index in [1.165, 1.54) is 13.3 Å². The van der Waals surface area contributed by atoms with Gasteiger partial charge in [-0.15, -0.1) is 0 Å². The van der Waals surface area contributed by atoms with Gasteiger partial charge in [0.05, 0.1) is 5.75 Å². The van der Waals surface area contributed by atoms with Crippen molar-refractivity contribution in [3.8, 4) is 0 Å². The van der Waals surface area contributed by atoms with Crippen LogP contribution in [-0.2, 0) is 20.4 Å². The Labute approximate surface area is 146 Å². The number of benzene rings is 1. The quantitative estimate of drug-likeness (QED) is 0.886. The predicted octanol–water partition coefficient (Wildman–Crippen LogP) is 3.24. The van der Waals surface area contributed by atoms with Gasteiger partial charge in [0.2, 0.25) is 5.91 Å². The first-order valence-electron chi connectivity index (χ1n) is 8.79. The Hall–Kier alpha value is -1.36. The van der Waals surface area contributed by atoms with E-state index in [0.717, 1.165) is 24.0 Å². The summed E-state index contributed by atoms with van der Waals surface area (Å²) >= 11 is 0. The highest BCUT2D eigenvalue weighted by Crippen LogP contribution is 2.29. The van der Waals surface area contributed by atoms with E-state index in [0.29, 0.717) is 11.8 Å². The summed E-state index contributed by atoms with van der Waals surface area (Å²) in [6.07, 6.45) is 3.19. The Bertz CT molecular complexity index is 684. The predicted molar refractivity (Wildman–Crippen MR) is 97.4 cm³/mol. The molecule has 0 bridgehead atoms. The van der Waals surface area contributed by atoms with Crippen LogP contribution in [0, 0.1) is 18.8 Å². The molecule has 1 aliphatic carbocycles. The van der Waals surface area contributed by atoms with Gasteiger partial charge in [0.25, 0.3) is 0 Å². The lowest BCUT2D eigenvalue weighted by Gasteiger charge is -2.35. The number of aryl methyl sites for hydroxylation is 1. The largest absolute Gasteiger partial charge is 0.352 e. The van der Waals surface area contributed by atoms with Crippen LogP contribution >= 0.6 is 0 Å². The smallest absolute Gasteiger partial charge is 0.238 e. The maximum absolute atomic E-state index is 12.6. The Morgan fingerprint density at radius 1 is 1.25 bits per heavy atom. The second kappa shape index (κ2) is 7.68. The van der Waals surface area contributed by atoms with E-state index < -0.39 is 15.1 Å². The Morgan fingerprint density at radius 2 is 1.92 bits per heavy atom. The zero-order valence-corrected chi connectivity index (χ0v) is 15.9. The molecular weight excluding hydrogens is 322 g/mol. The minimum Gasteiger partial charge on any atom is -0.352 e. The number of hydrogen-bond donors (Lipinski definition) is 1. The van der Waals surface area contributed by atoms with Crippen molar-refractivity contribution in [1.29, 1.82) is 0 Å². The standard InChI is InChI=1S/C19H29NO3S/c1-13-9-7-11-18(15(13)3)20-19(21)16(4)24(22,23)12-17-10-6-5-8-14(17)2/h5-6,8,10,13,15-16,18H,7,9,11-12H2,1-4H3,(H,20,21). The molecule has 4 unspecified atom stereocenters. The number of amides is 1. The fourth-order valence-electron chi connectivity index (χ4n) is 3.36. The lowest BCUT2D eigenvalue weighted by molar-refractivity contribution is -0.121. The summed E-state index contributed by atoms with van der Waals surface area (Å²) in [5.41, 5.74) is 1.69. The summed E-state index contributed by atoms with van der Waals surface area (Å²) in [6.45, 7) is 7.73. The van der Waals surface area contributed by atoms with E-state index in [2.05, 4.69) is 19.2 Å². The number of rotatable bonds is 5. The Morgan fingerprint density at radius 3 is 2.58 bits per heavy atom. The average molecular weight is 352 g/mol. The van der Waals surface area contributed by atoms with E-state index >= 15 is 0 Å². The molecule has 1 N–H and O–H groups in total. The molecule has 1 aromatic carbocycles. The zero-order valence-electron chi connectivity index (χ0n) is 15.1. The number of sulfone groups is 1. The van der Waals surface area contributed by atoms with E-state index in [1.54, 1.807) is 0 Å². The van der Waals surface area contributed by atoms with Gasteiger partial charge in [0, 0.05) is 6.04 Å². The summed E-state index contributed by atoms with van der Waals surface area (Å²) in [7, 11) is -3.53. The van der Waals surface area contributed by atoms with Crippen molar-refractivity contribution >= 4 is 15.7 Å². The number of nitrogens with one attached hydrogen (secondary N) is 1. The van der Waals surface area contributed by atoms with Gasteiger partial charge >= 0.3 is 0 Å². The van der Waals surface area contributed by atoms with E-state index in [4.69, 9.17) is 0 Å². The van der Waals surface area contributed by atoms with Crippen molar-refractivity contribution in [2.45, 2.75) is 64.0 Å². The van der Waals surface area contributed by atoms with Crippen LogP contribution in [0.4, 0.5) is 0 Å². The molecule has 1 amide bonds. The third-order valence-electron chi connectivity index (χ3n) is 5.56. The fourth-order valence-corrected chi connectivity index (χ4v) is 4.76. The van der Waals surface area contributed by atoms with Crippen molar-refractivity contribution in [2.75, 3.05) is 0 Å². The second-order valence-electron chi connectivity index (χ2n) is 7.26. The van der Waals surface area contributed by atoms with Gasteiger partial charge in [0.1, 0.15) is 5.25 Å². The molecule has 0 aliphatic heterocycles. The molecular formula is C19H29NO3S. The maximum Gasteiger partial charge on any atom is 0.238 e. The number of hydrogen-bond acceptors (Lipinski definition) is 3. The number of carbonyl (C=O) groups is 1. The van der Waals surface area contributed by atoms with Crippen LogP contribution in [0.3, 0.4) is 0 Å². The van der Waals surface area contributed by atoms with Gasteiger partial charge in [-0.1, -0.05) is 51.0 Å². The lowest BCUT2D eigenvalue weighted by atomic mass is 9.78. The second-order valence-corrected chi connectivity index (χ2v) is 9.58. The molecule has 0 spiro atoms. The highest BCUT2D eigenvalue weighted by atomic mass is 32.2. The molecule has 134 valence electrons. The molecule has 2 rings (SSSR count). The van der Waals surface area contributed by atoms with Crippen molar-refractivity contribution in [1.82, 2.24) is 5.32 Å². The monoisotopic (exact) mass is 351 g/mol. The molecule has 0 heterocycles. The van der Waals surface area contributed by atoms with Crippen LogP contribution < -0.4 is 5.32 Å². The van der Waals surface area contributed by atoms with Crippen LogP contribution in [0.25, 0.3) is 0 Å². The first-order valence-corrected chi connectivity index (χ1v) is 10.5. The maximum atomic E-state index is 12.6. The molecule has 0 aromatic heterocycles. The molecule has 1 aromatic rings. The van der Waals surface area contributed by atoms with Crippen LogP contribution in [0.2, 0.25) is 0 Å². The van der Waals surface area contributed by atoms with Gasteiger partial charge in [0.15, 0.2) is 9.84 Å². The van der Waals surface area contributed by atoms with Gasteiger partial charge in [-0.05, 0) is 43.2 Å². The van der Waals surface area contributed by atoms with Crippen LogP contribution in [0.5, 0.6) is 0 Å². The number of carbonyl (C=O) groups excluding carboxylic acids is 1. The summed E-state index contributed by atoms with van der Waals surface area (Å²) in [6, 6.07) is 7.49. The molecule has 1 aliphatic rings. The molecule has 5 heteroatoms. The van der Waals surface area contributed by atoms with Gasteiger partial charge in [-0.25, -0.2) is 8.42 Å². The normalized spacial score (nSPS) is 25.9. The van der Waals surface area contributed by atoms with E-state index in [1.807, 2.05) is 31.2 Å². The third kappa shape index (κ3) is 4.38. The molecule has 24 heavy (non-hydrogen) atoms. The zero-order chi connectivity index (χ0) is 17.9. The SMILES string of the molecule is Cc1ccccc1CS(=O)(=O)C(C)C(=O)NC1CCCC(C)C1C. The van der Waals surface area contributed by atoms with Gasteiger partial charge < -0.3 is 5.32 Å². The van der Waals surface area contributed by atoms with Crippen LogP contribution in [0.1, 0.15) is 51.2 Å². The van der Waals surface area contributed by atoms with Crippen LogP contribution in [0.15, 0.2) is 24.3 Å². The summed E-state index contributed by atoms with van der Waals surface area (Å²) in [5.74, 6) is 0.483. The summed E-state index contributed by atoms with van der Waals surface area (Å²) in [5, 5.41) is 1.96. The lowest BCUT2D eigenvalue weighted by Crippen LogP contribution is -2.48. The summed E-state index contributed by atoms with van der Waals surface area (Å²) in [4.78, 5) is 12.5. The Kier molecular flexibility index (Phi) is 6.07. The molecule has 1 saturated carbocycles. The third-order valence-corrected chi connectivity index (χ3v) is 7.57. The Balaban J connectivity index is 2.05. The van der Waals surface area contributed by atoms with Gasteiger partial charge in [-0.2, -0.15) is 0 Å². The molecule has 0 saturated heterocycles. The van der Waals surface area contributed by atoms with Crippen molar-refractivity contribution in [3.05, 3.63) is 35.4 Å². The van der Waals surface area contributed by atoms with Crippen molar-refractivity contribution in [3.63, 3.8) is 0 Å². The molecule has 1 fully saturated rings. The fraction of sp³-hybridized carbons (Fsp3) is 0.632. The average Bonchev–Trinajstić information content (AvgIpc) is 2.53.